The van der Waals surface area contributed by atoms with Gasteiger partial charge in [0.1, 0.15) is 17.3 Å². The lowest BCUT2D eigenvalue weighted by Crippen LogP contribution is -1.97. The van der Waals surface area contributed by atoms with Gasteiger partial charge in [0.25, 0.3) is 0 Å². The molecule has 0 saturated heterocycles. The Labute approximate surface area is 116 Å². The molecule has 0 amide bonds. The Bertz CT molecular complexity index is 675. The van der Waals surface area contributed by atoms with Gasteiger partial charge in [-0.2, -0.15) is 5.26 Å². The van der Waals surface area contributed by atoms with Crippen LogP contribution in [0.15, 0.2) is 36.4 Å². The molecule has 3 nitrogen and oxygen atoms in total. The van der Waals surface area contributed by atoms with Crippen LogP contribution in [0.5, 0.6) is 11.5 Å². The van der Waals surface area contributed by atoms with Crippen LogP contribution in [0.4, 0.5) is 4.39 Å². The third kappa shape index (κ3) is 2.95. The normalized spacial score (nSPS) is 11.8. The molecule has 0 aliphatic rings. The smallest absolute Gasteiger partial charge is 0.134 e. The molecule has 0 aliphatic heterocycles. The summed E-state index contributed by atoms with van der Waals surface area (Å²) in [5.74, 6) is 0.310. The molecule has 0 aromatic heterocycles. The first-order chi connectivity index (χ1) is 9.51. The molecule has 0 radical (unpaired) electrons. The zero-order chi connectivity index (χ0) is 14.7. The van der Waals surface area contributed by atoms with Gasteiger partial charge in [-0.05, 0) is 37.6 Å². The van der Waals surface area contributed by atoms with Gasteiger partial charge in [0.05, 0.1) is 17.7 Å². The maximum Gasteiger partial charge on any atom is 0.134 e. The molecule has 2 aromatic carbocycles. The molecule has 4 heteroatoms. The number of hydrogen-bond donors (Lipinski definition) is 1. The maximum absolute atomic E-state index is 13.5. The summed E-state index contributed by atoms with van der Waals surface area (Å²) in [7, 11) is 0. The fourth-order valence-electron chi connectivity index (χ4n) is 1.80. The van der Waals surface area contributed by atoms with Gasteiger partial charge in [0, 0.05) is 11.6 Å². The van der Waals surface area contributed by atoms with Crippen LogP contribution in [0.2, 0.25) is 0 Å². The number of ether oxygens (including phenoxy) is 1. The van der Waals surface area contributed by atoms with Crippen LogP contribution >= 0.6 is 0 Å². The van der Waals surface area contributed by atoms with E-state index in [0.717, 1.165) is 0 Å². The van der Waals surface area contributed by atoms with Gasteiger partial charge in [-0.1, -0.05) is 12.1 Å². The Hall–Kier alpha value is -2.38. The van der Waals surface area contributed by atoms with E-state index >= 15 is 0 Å². The Kier molecular flexibility index (Phi) is 4.02. The molecule has 2 rings (SSSR count). The predicted octanol–water partition coefficient (Wildman–Crippen LogP) is 3.85. The highest BCUT2D eigenvalue weighted by Crippen LogP contribution is 2.31. The van der Waals surface area contributed by atoms with Gasteiger partial charge in [0.2, 0.25) is 0 Å². The number of aryl methyl sites for hydroxylation is 1. The first-order valence-corrected chi connectivity index (χ1v) is 6.17. The highest BCUT2D eigenvalue weighted by molar-refractivity contribution is 5.45. The average Bonchev–Trinajstić information content (AvgIpc) is 2.42. The second kappa shape index (κ2) is 5.72. The number of aliphatic hydroxyl groups is 1. The van der Waals surface area contributed by atoms with E-state index in [1.54, 1.807) is 38.1 Å². The van der Waals surface area contributed by atoms with Crippen molar-refractivity contribution in [1.82, 2.24) is 0 Å². The second-order valence-corrected chi connectivity index (χ2v) is 4.55. The summed E-state index contributed by atoms with van der Waals surface area (Å²) >= 11 is 0. The molecule has 20 heavy (non-hydrogen) atoms. The van der Waals surface area contributed by atoms with Crippen molar-refractivity contribution in [2.24, 2.45) is 0 Å². The first-order valence-electron chi connectivity index (χ1n) is 6.17. The minimum atomic E-state index is -0.743. The van der Waals surface area contributed by atoms with Crippen molar-refractivity contribution in [3.05, 3.63) is 58.9 Å². The molecule has 0 fully saturated rings. The van der Waals surface area contributed by atoms with Crippen molar-refractivity contribution in [3.63, 3.8) is 0 Å². The summed E-state index contributed by atoms with van der Waals surface area (Å²) in [5.41, 5.74) is 1.49. The zero-order valence-electron chi connectivity index (χ0n) is 11.2. The third-order valence-corrected chi connectivity index (χ3v) is 2.96. The number of benzene rings is 2. The third-order valence-electron chi connectivity index (χ3n) is 2.96. The van der Waals surface area contributed by atoms with Crippen molar-refractivity contribution in [2.75, 3.05) is 0 Å². The van der Waals surface area contributed by atoms with Crippen LogP contribution in [-0.2, 0) is 0 Å². The highest BCUT2D eigenvalue weighted by atomic mass is 19.1. The van der Waals surface area contributed by atoms with Gasteiger partial charge in [-0.25, -0.2) is 4.39 Å². The molecule has 1 unspecified atom stereocenters. The summed E-state index contributed by atoms with van der Waals surface area (Å²) < 4.78 is 19.1. The number of rotatable bonds is 3. The Morgan fingerprint density at radius 1 is 1.25 bits per heavy atom. The summed E-state index contributed by atoms with van der Waals surface area (Å²) in [6.45, 7) is 3.26. The second-order valence-electron chi connectivity index (χ2n) is 4.55. The highest BCUT2D eigenvalue weighted by Gasteiger charge is 2.12. The minimum absolute atomic E-state index is 0.324. The predicted molar refractivity (Wildman–Crippen MR) is 73.0 cm³/mol. The van der Waals surface area contributed by atoms with Crippen LogP contribution in [-0.4, -0.2) is 5.11 Å². The van der Waals surface area contributed by atoms with E-state index in [-0.39, 0.29) is 5.82 Å². The quantitative estimate of drug-likeness (QED) is 0.922. The fourth-order valence-corrected chi connectivity index (χ4v) is 1.80. The molecule has 102 valence electrons. The standard InChI is InChI=1S/C16H14FNO2/c1-10-3-5-13(8-15(10)17)20-16-7-12(9-18)4-6-14(16)11(2)19/h3-8,11,19H,1-2H3. The zero-order valence-corrected chi connectivity index (χ0v) is 11.2. The molecule has 0 spiro atoms. The topological polar surface area (TPSA) is 53.2 Å². The van der Waals surface area contributed by atoms with Crippen LogP contribution in [0.3, 0.4) is 0 Å². The molecule has 1 N–H and O–H groups in total. The van der Waals surface area contributed by atoms with E-state index in [1.807, 2.05) is 6.07 Å². The van der Waals surface area contributed by atoms with E-state index in [1.165, 1.54) is 12.1 Å². The molecule has 0 aliphatic carbocycles. The van der Waals surface area contributed by atoms with Gasteiger partial charge in [-0.15, -0.1) is 0 Å². The lowest BCUT2D eigenvalue weighted by Gasteiger charge is -2.13. The molecule has 2 aromatic rings. The molecule has 0 heterocycles. The van der Waals surface area contributed by atoms with Crippen molar-refractivity contribution >= 4 is 0 Å². The Morgan fingerprint density at radius 3 is 2.60 bits per heavy atom. The minimum Gasteiger partial charge on any atom is -0.457 e. The summed E-state index contributed by atoms with van der Waals surface area (Å²) in [6, 6.07) is 11.3. The van der Waals surface area contributed by atoms with E-state index in [9.17, 15) is 9.50 Å². The number of aliphatic hydroxyl groups excluding tert-OH is 1. The maximum atomic E-state index is 13.5. The monoisotopic (exact) mass is 271 g/mol. The van der Waals surface area contributed by atoms with Crippen LogP contribution in [0, 0.1) is 24.1 Å². The lowest BCUT2D eigenvalue weighted by molar-refractivity contribution is 0.195. The first kappa shape index (κ1) is 14.0. The number of hydrogen-bond acceptors (Lipinski definition) is 3. The van der Waals surface area contributed by atoms with Crippen LogP contribution < -0.4 is 4.74 Å². The van der Waals surface area contributed by atoms with Gasteiger partial charge < -0.3 is 9.84 Å². The molecule has 1 atom stereocenters. The van der Waals surface area contributed by atoms with E-state index in [2.05, 4.69) is 0 Å². The summed E-state index contributed by atoms with van der Waals surface area (Å²) in [4.78, 5) is 0. The molecule has 0 saturated carbocycles. The average molecular weight is 271 g/mol. The van der Waals surface area contributed by atoms with Crippen molar-refractivity contribution in [2.45, 2.75) is 20.0 Å². The number of nitrogens with zero attached hydrogens (tertiary/aromatic N) is 1. The van der Waals surface area contributed by atoms with E-state index in [4.69, 9.17) is 10.00 Å². The lowest BCUT2D eigenvalue weighted by atomic mass is 10.1. The van der Waals surface area contributed by atoms with E-state index in [0.29, 0.717) is 28.2 Å². The van der Waals surface area contributed by atoms with Crippen LogP contribution in [0.25, 0.3) is 0 Å². The summed E-state index contributed by atoms with van der Waals surface area (Å²) in [5, 5.41) is 18.6. The number of nitriles is 1. The van der Waals surface area contributed by atoms with Crippen molar-refractivity contribution < 1.29 is 14.2 Å². The summed E-state index contributed by atoms with van der Waals surface area (Å²) in [6.07, 6.45) is -0.743. The Balaban J connectivity index is 2.40. The van der Waals surface area contributed by atoms with Crippen LogP contribution in [0.1, 0.15) is 29.7 Å². The van der Waals surface area contributed by atoms with Gasteiger partial charge >= 0.3 is 0 Å². The number of halogens is 1. The largest absolute Gasteiger partial charge is 0.457 e. The van der Waals surface area contributed by atoms with Crippen molar-refractivity contribution in [3.8, 4) is 17.6 Å². The molecule has 0 bridgehead atoms. The fraction of sp³-hybridized carbons (Fsp3) is 0.188. The van der Waals surface area contributed by atoms with Gasteiger partial charge in [0.15, 0.2) is 0 Å². The molecular weight excluding hydrogens is 257 g/mol. The van der Waals surface area contributed by atoms with E-state index < -0.39 is 6.10 Å². The van der Waals surface area contributed by atoms with Crippen molar-refractivity contribution in [1.29, 1.82) is 5.26 Å². The molecular formula is C16H14FNO2. The Morgan fingerprint density at radius 2 is 2.00 bits per heavy atom. The SMILES string of the molecule is Cc1ccc(Oc2cc(C#N)ccc2C(C)O)cc1F. The van der Waals surface area contributed by atoms with Gasteiger partial charge in [-0.3, -0.25) is 0 Å².